The Morgan fingerprint density at radius 2 is 2.06 bits per heavy atom. The molecule has 4 heterocycles. The van der Waals surface area contributed by atoms with Gasteiger partial charge in [0.2, 0.25) is 15.9 Å². The second-order valence-corrected chi connectivity index (χ2v) is 11.7. The molecule has 0 aromatic carbocycles. The van der Waals surface area contributed by atoms with E-state index in [-0.39, 0.29) is 30.3 Å². The van der Waals surface area contributed by atoms with E-state index in [1.54, 1.807) is 11.4 Å². The number of hydrogen-bond donors (Lipinski definition) is 0. The largest absolute Gasteiger partial charge is 0.383 e. The van der Waals surface area contributed by atoms with Crippen LogP contribution in [0.3, 0.4) is 0 Å². The van der Waals surface area contributed by atoms with Gasteiger partial charge in [-0.3, -0.25) is 14.4 Å². The second-order valence-electron chi connectivity index (χ2n) is 9.67. The van der Waals surface area contributed by atoms with Gasteiger partial charge in [0.1, 0.15) is 0 Å². The third-order valence-electron chi connectivity index (χ3n) is 7.20. The molecule has 0 radical (unpaired) electrons. The molecule has 4 rings (SSSR count). The van der Waals surface area contributed by atoms with E-state index in [0.717, 1.165) is 12.1 Å². The lowest BCUT2D eigenvalue weighted by Crippen LogP contribution is -2.69. The summed E-state index contributed by atoms with van der Waals surface area (Å²) in [7, 11) is -1.85. The van der Waals surface area contributed by atoms with Crippen molar-refractivity contribution in [3.8, 4) is 0 Å². The van der Waals surface area contributed by atoms with Gasteiger partial charge in [-0.05, 0) is 26.7 Å². The van der Waals surface area contributed by atoms with Crippen LogP contribution in [0.5, 0.6) is 0 Å². The standard InChI is InChI=1S/C22H37N5O5S/c1-18(2)26-16-19(14-23-26)15-24-6-4-20-22(17-24,21(28)25-7-11-32-12-8-25)5-13-33(29,30)27(20)9-10-31-3/h14,16,18,20H,4-13,15,17H2,1-3H3/t20-,22+/m1/s1. The number of methoxy groups -OCH3 is 1. The highest BCUT2D eigenvalue weighted by atomic mass is 32.2. The Morgan fingerprint density at radius 1 is 1.30 bits per heavy atom. The lowest BCUT2D eigenvalue weighted by molar-refractivity contribution is -0.155. The quantitative estimate of drug-likeness (QED) is 0.559. The number of carbonyl (C=O) groups excluding carboxylic acids is 1. The second kappa shape index (κ2) is 9.99. The molecule has 33 heavy (non-hydrogen) atoms. The number of ether oxygens (including phenoxy) is 2. The molecule has 0 spiro atoms. The number of morpholine rings is 1. The molecule has 11 heteroatoms. The van der Waals surface area contributed by atoms with Crippen molar-refractivity contribution < 1.29 is 22.7 Å². The maximum atomic E-state index is 14.0. The summed E-state index contributed by atoms with van der Waals surface area (Å²) in [6, 6.07) is -0.0620. The van der Waals surface area contributed by atoms with Crippen LogP contribution in [0, 0.1) is 5.41 Å². The highest BCUT2D eigenvalue weighted by Crippen LogP contribution is 2.44. The lowest BCUT2D eigenvalue weighted by atomic mass is 9.71. The summed E-state index contributed by atoms with van der Waals surface area (Å²) in [4.78, 5) is 18.2. The van der Waals surface area contributed by atoms with Crippen LogP contribution in [0.1, 0.15) is 38.3 Å². The van der Waals surface area contributed by atoms with Crippen molar-refractivity contribution in [2.75, 3.05) is 65.4 Å². The number of fused-ring (bicyclic) bond motifs is 1. The summed E-state index contributed by atoms with van der Waals surface area (Å²) in [6.45, 7) is 8.91. The SMILES string of the molecule is COCCN1[C@@H]2CCN(Cc3cnn(C(C)C)c3)C[C@@]2(C(=O)N2CCOCC2)CCS1(=O)=O. The van der Waals surface area contributed by atoms with Crippen molar-refractivity contribution in [2.45, 2.75) is 45.3 Å². The van der Waals surface area contributed by atoms with Crippen molar-refractivity contribution in [3.05, 3.63) is 18.0 Å². The normalized spacial score (nSPS) is 28.7. The number of hydrogen-bond acceptors (Lipinski definition) is 7. The fourth-order valence-electron chi connectivity index (χ4n) is 5.46. The van der Waals surface area contributed by atoms with Crippen LogP contribution in [0.4, 0.5) is 0 Å². The third-order valence-corrected chi connectivity index (χ3v) is 9.08. The number of aromatic nitrogens is 2. The first-order valence-corrected chi connectivity index (χ1v) is 13.5. The Morgan fingerprint density at radius 3 is 2.73 bits per heavy atom. The summed E-state index contributed by atoms with van der Waals surface area (Å²) in [5, 5.41) is 4.45. The number of sulfonamides is 1. The number of rotatable bonds is 7. The van der Waals surface area contributed by atoms with Crippen LogP contribution < -0.4 is 0 Å². The first-order chi connectivity index (χ1) is 15.8. The fourth-order valence-corrected chi connectivity index (χ4v) is 7.37. The molecule has 3 saturated heterocycles. The van der Waals surface area contributed by atoms with Gasteiger partial charge in [-0.15, -0.1) is 0 Å². The smallest absolute Gasteiger partial charge is 0.231 e. The number of amides is 1. The van der Waals surface area contributed by atoms with Gasteiger partial charge >= 0.3 is 0 Å². The van der Waals surface area contributed by atoms with Crippen molar-refractivity contribution in [2.24, 2.45) is 5.41 Å². The van der Waals surface area contributed by atoms with E-state index in [1.165, 1.54) is 0 Å². The average Bonchev–Trinajstić information content (AvgIpc) is 3.27. The molecule has 3 fully saturated rings. The maximum absolute atomic E-state index is 14.0. The van der Waals surface area contributed by atoms with Crippen LogP contribution in [-0.4, -0.2) is 110 Å². The molecule has 3 aliphatic heterocycles. The van der Waals surface area contributed by atoms with E-state index in [2.05, 4.69) is 30.0 Å². The molecule has 0 saturated carbocycles. The predicted octanol–water partition coefficient (Wildman–Crippen LogP) is 0.565. The van der Waals surface area contributed by atoms with Crippen molar-refractivity contribution in [1.82, 2.24) is 23.9 Å². The Hall–Kier alpha value is -1.53. The van der Waals surface area contributed by atoms with E-state index < -0.39 is 15.4 Å². The van der Waals surface area contributed by atoms with Gasteiger partial charge in [-0.1, -0.05) is 0 Å². The highest BCUT2D eigenvalue weighted by Gasteiger charge is 2.58. The molecule has 0 unspecified atom stereocenters. The number of carbonyl (C=O) groups is 1. The van der Waals surface area contributed by atoms with Crippen LogP contribution in [0.15, 0.2) is 12.4 Å². The summed E-state index contributed by atoms with van der Waals surface area (Å²) >= 11 is 0. The third kappa shape index (κ3) is 4.97. The lowest BCUT2D eigenvalue weighted by Gasteiger charge is -2.54. The fraction of sp³-hybridized carbons (Fsp3) is 0.818. The van der Waals surface area contributed by atoms with Crippen LogP contribution in [0.2, 0.25) is 0 Å². The zero-order valence-electron chi connectivity index (χ0n) is 20.0. The minimum atomic E-state index is -3.43. The predicted molar refractivity (Wildman–Crippen MR) is 123 cm³/mol. The van der Waals surface area contributed by atoms with Crippen LogP contribution in [0.25, 0.3) is 0 Å². The van der Waals surface area contributed by atoms with E-state index in [0.29, 0.717) is 58.8 Å². The molecular formula is C22H37N5O5S. The zero-order valence-corrected chi connectivity index (χ0v) is 20.8. The van der Waals surface area contributed by atoms with Gasteiger partial charge in [0, 0.05) is 70.2 Å². The van der Waals surface area contributed by atoms with E-state index in [9.17, 15) is 13.2 Å². The van der Waals surface area contributed by atoms with Gasteiger partial charge in [0.05, 0.1) is 37.2 Å². The Bertz CT molecular complexity index is 929. The Labute approximate surface area is 196 Å². The molecular weight excluding hydrogens is 446 g/mol. The summed E-state index contributed by atoms with van der Waals surface area (Å²) < 4.78 is 40.2. The summed E-state index contributed by atoms with van der Waals surface area (Å²) in [5.41, 5.74) is 0.346. The summed E-state index contributed by atoms with van der Waals surface area (Å²) in [6.07, 6.45) is 4.92. The van der Waals surface area contributed by atoms with Gasteiger partial charge in [-0.25, -0.2) is 8.42 Å². The summed E-state index contributed by atoms with van der Waals surface area (Å²) in [5.74, 6) is 0.0540. The molecule has 10 nitrogen and oxygen atoms in total. The zero-order chi connectivity index (χ0) is 23.6. The molecule has 1 aromatic rings. The number of piperidine rings is 1. The molecule has 0 aliphatic carbocycles. The van der Waals surface area contributed by atoms with Gasteiger partial charge in [0.15, 0.2) is 0 Å². The average molecular weight is 484 g/mol. The molecule has 186 valence electrons. The van der Waals surface area contributed by atoms with Gasteiger partial charge in [-0.2, -0.15) is 9.40 Å². The topological polar surface area (TPSA) is 97.2 Å². The van der Waals surface area contributed by atoms with Crippen LogP contribution >= 0.6 is 0 Å². The highest BCUT2D eigenvalue weighted by molar-refractivity contribution is 7.89. The van der Waals surface area contributed by atoms with Crippen molar-refractivity contribution in [1.29, 1.82) is 0 Å². The first-order valence-electron chi connectivity index (χ1n) is 11.9. The van der Waals surface area contributed by atoms with Crippen molar-refractivity contribution in [3.63, 3.8) is 0 Å². The molecule has 0 bridgehead atoms. The van der Waals surface area contributed by atoms with E-state index in [1.807, 2.05) is 15.8 Å². The minimum Gasteiger partial charge on any atom is -0.383 e. The van der Waals surface area contributed by atoms with Gasteiger partial charge in [0.25, 0.3) is 0 Å². The Balaban J connectivity index is 1.62. The molecule has 1 amide bonds. The van der Waals surface area contributed by atoms with Crippen LogP contribution in [-0.2, 0) is 30.8 Å². The van der Waals surface area contributed by atoms with Crippen molar-refractivity contribution >= 4 is 15.9 Å². The number of nitrogens with zero attached hydrogens (tertiary/aromatic N) is 5. The molecule has 1 aromatic heterocycles. The first kappa shape index (κ1) is 24.6. The molecule has 3 aliphatic rings. The monoisotopic (exact) mass is 483 g/mol. The molecule has 0 N–H and O–H groups in total. The minimum absolute atomic E-state index is 0.0115. The van der Waals surface area contributed by atoms with Gasteiger partial charge < -0.3 is 14.4 Å². The maximum Gasteiger partial charge on any atom is 0.231 e. The Kier molecular flexibility index (Phi) is 7.44. The number of likely N-dealkylation sites (tertiary alicyclic amines) is 1. The van der Waals surface area contributed by atoms with E-state index in [4.69, 9.17) is 9.47 Å². The van der Waals surface area contributed by atoms with E-state index >= 15 is 0 Å². The molecule has 2 atom stereocenters.